The van der Waals surface area contributed by atoms with E-state index in [4.69, 9.17) is 0 Å². The molecule has 6 heteroatoms. The van der Waals surface area contributed by atoms with E-state index in [1.807, 2.05) is 13.8 Å². The molecule has 1 amide bonds. The van der Waals surface area contributed by atoms with E-state index in [-0.39, 0.29) is 10.8 Å². The van der Waals surface area contributed by atoms with Crippen LogP contribution in [0.4, 0.5) is 5.69 Å². The zero-order valence-corrected chi connectivity index (χ0v) is 16.2. The van der Waals surface area contributed by atoms with Crippen LogP contribution in [-0.4, -0.2) is 31.7 Å². The lowest BCUT2D eigenvalue weighted by Crippen LogP contribution is -2.31. The first-order valence-electron chi connectivity index (χ1n) is 8.66. The maximum atomic E-state index is 12.7. The fourth-order valence-corrected chi connectivity index (χ4v) is 4.49. The van der Waals surface area contributed by atoms with Gasteiger partial charge in [0, 0.05) is 25.2 Å². The molecule has 0 bridgehead atoms. The van der Waals surface area contributed by atoms with Gasteiger partial charge in [-0.3, -0.25) is 4.79 Å². The van der Waals surface area contributed by atoms with Crippen LogP contribution in [0.3, 0.4) is 0 Å². The number of benzene rings is 1. The van der Waals surface area contributed by atoms with E-state index in [9.17, 15) is 13.2 Å². The van der Waals surface area contributed by atoms with E-state index in [2.05, 4.69) is 19.2 Å². The SMILES string of the molecule is CCCC(C)CC(=O)Nc1ccc(C)c(S(=O)(=O)N(CC)CC)c1. The molecule has 1 aromatic rings. The summed E-state index contributed by atoms with van der Waals surface area (Å²) in [5.74, 6) is 0.241. The summed E-state index contributed by atoms with van der Waals surface area (Å²) in [5.41, 5.74) is 1.21. The van der Waals surface area contributed by atoms with Crippen LogP contribution in [0, 0.1) is 12.8 Å². The molecule has 0 aromatic heterocycles. The zero-order chi connectivity index (χ0) is 18.3. The Balaban J connectivity index is 3.00. The largest absolute Gasteiger partial charge is 0.326 e. The van der Waals surface area contributed by atoms with Crippen molar-refractivity contribution in [2.45, 2.75) is 58.8 Å². The fraction of sp³-hybridized carbons (Fsp3) is 0.611. The molecule has 0 radical (unpaired) electrons. The second kappa shape index (κ2) is 9.18. The van der Waals surface area contributed by atoms with E-state index >= 15 is 0 Å². The van der Waals surface area contributed by atoms with E-state index in [1.54, 1.807) is 25.1 Å². The molecule has 0 saturated carbocycles. The topological polar surface area (TPSA) is 66.5 Å². The van der Waals surface area contributed by atoms with E-state index in [0.29, 0.717) is 36.7 Å². The molecule has 0 spiro atoms. The molecule has 1 rings (SSSR count). The third-order valence-electron chi connectivity index (χ3n) is 4.11. The molecule has 0 aliphatic rings. The van der Waals surface area contributed by atoms with Crippen LogP contribution in [0.5, 0.6) is 0 Å². The average Bonchev–Trinajstić information content (AvgIpc) is 2.50. The van der Waals surface area contributed by atoms with Gasteiger partial charge in [0.15, 0.2) is 0 Å². The summed E-state index contributed by atoms with van der Waals surface area (Å²) in [6.07, 6.45) is 2.49. The Bertz CT molecular complexity index is 652. The lowest BCUT2D eigenvalue weighted by molar-refractivity contribution is -0.117. The van der Waals surface area contributed by atoms with Gasteiger partial charge in [-0.2, -0.15) is 4.31 Å². The standard InChI is InChI=1S/C18H30N2O3S/c1-6-9-14(4)12-18(21)19-16-11-10-15(5)17(13-16)24(22,23)20(7-2)8-3/h10-11,13-14H,6-9,12H2,1-5H3,(H,19,21). The summed E-state index contributed by atoms with van der Waals surface area (Å²) in [6.45, 7) is 10.4. The predicted molar refractivity (Wildman–Crippen MR) is 98.6 cm³/mol. The molecule has 0 heterocycles. The molecule has 0 saturated heterocycles. The van der Waals surface area contributed by atoms with Crippen LogP contribution >= 0.6 is 0 Å². The minimum atomic E-state index is -3.54. The van der Waals surface area contributed by atoms with Gasteiger partial charge in [0.1, 0.15) is 0 Å². The van der Waals surface area contributed by atoms with Crippen molar-refractivity contribution in [3.05, 3.63) is 23.8 Å². The fourth-order valence-electron chi connectivity index (χ4n) is 2.78. The van der Waals surface area contributed by atoms with Crippen molar-refractivity contribution in [3.63, 3.8) is 0 Å². The third-order valence-corrected chi connectivity index (χ3v) is 6.30. The molecule has 24 heavy (non-hydrogen) atoms. The summed E-state index contributed by atoms with van der Waals surface area (Å²) in [5, 5.41) is 2.82. The Morgan fingerprint density at radius 3 is 2.38 bits per heavy atom. The molecule has 0 fully saturated rings. The first-order valence-corrected chi connectivity index (χ1v) is 10.1. The molecule has 136 valence electrons. The first-order chi connectivity index (χ1) is 11.3. The molecule has 0 aliphatic carbocycles. The molecule has 1 unspecified atom stereocenters. The number of rotatable bonds is 9. The summed E-state index contributed by atoms with van der Waals surface area (Å²) >= 11 is 0. The van der Waals surface area contributed by atoms with Gasteiger partial charge in [-0.25, -0.2) is 8.42 Å². The van der Waals surface area contributed by atoms with Crippen LogP contribution in [-0.2, 0) is 14.8 Å². The van der Waals surface area contributed by atoms with Gasteiger partial charge in [0.2, 0.25) is 15.9 Å². The zero-order valence-electron chi connectivity index (χ0n) is 15.4. The number of amides is 1. The molecule has 5 nitrogen and oxygen atoms in total. The van der Waals surface area contributed by atoms with Crippen LogP contribution in [0.2, 0.25) is 0 Å². The summed E-state index contributed by atoms with van der Waals surface area (Å²) < 4.78 is 26.9. The Kier molecular flexibility index (Phi) is 7.90. The number of anilines is 1. The number of carbonyl (C=O) groups is 1. The Labute approximate surface area is 146 Å². The minimum absolute atomic E-state index is 0.0778. The van der Waals surface area contributed by atoms with Crippen molar-refractivity contribution >= 4 is 21.6 Å². The molecular weight excluding hydrogens is 324 g/mol. The highest BCUT2D eigenvalue weighted by Gasteiger charge is 2.24. The molecule has 1 N–H and O–H groups in total. The number of aryl methyl sites for hydroxylation is 1. The van der Waals surface area contributed by atoms with Gasteiger partial charge in [-0.1, -0.05) is 46.6 Å². The normalized spacial score (nSPS) is 13.1. The smallest absolute Gasteiger partial charge is 0.243 e. The van der Waals surface area contributed by atoms with Crippen LogP contribution in [0.15, 0.2) is 23.1 Å². The highest BCUT2D eigenvalue weighted by molar-refractivity contribution is 7.89. The van der Waals surface area contributed by atoms with Crippen LogP contribution in [0.25, 0.3) is 0 Å². The van der Waals surface area contributed by atoms with Crippen LogP contribution < -0.4 is 5.32 Å². The number of nitrogens with one attached hydrogen (secondary N) is 1. The minimum Gasteiger partial charge on any atom is -0.326 e. The predicted octanol–water partition coefficient (Wildman–Crippen LogP) is 3.79. The summed E-state index contributed by atoms with van der Waals surface area (Å²) in [6, 6.07) is 5.05. The highest BCUT2D eigenvalue weighted by atomic mass is 32.2. The Hall–Kier alpha value is -1.40. The molecule has 1 atom stereocenters. The van der Waals surface area contributed by atoms with Gasteiger partial charge in [0.25, 0.3) is 0 Å². The highest BCUT2D eigenvalue weighted by Crippen LogP contribution is 2.24. The summed E-state index contributed by atoms with van der Waals surface area (Å²) in [4.78, 5) is 12.4. The monoisotopic (exact) mass is 354 g/mol. The maximum absolute atomic E-state index is 12.7. The third kappa shape index (κ3) is 5.31. The Morgan fingerprint density at radius 1 is 1.21 bits per heavy atom. The number of hydrogen-bond acceptors (Lipinski definition) is 3. The van der Waals surface area contributed by atoms with Crippen molar-refractivity contribution in [1.29, 1.82) is 0 Å². The maximum Gasteiger partial charge on any atom is 0.243 e. The average molecular weight is 355 g/mol. The number of hydrogen-bond donors (Lipinski definition) is 1. The number of sulfonamides is 1. The van der Waals surface area contributed by atoms with Crippen molar-refractivity contribution in [1.82, 2.24) is 4.31 Å². The second-order valence-corrected chi connectivity index (χ2v) is 8.12. The van der Waals surface area contributed by atoms with Crippen molar-refractivity contribution < 1.29 is 13.2 Å². The van der Waals surface area contributed by atoms with Gasteiger partial charge in [0.05, 0.1) is 4.90 Å². The lowest BCUT2D eigenvalue weighted by atomic mass is 10.0. The van der Waals surface area contributed by atoms with Crippen LogP contribution in [0.1, 0.15) is 52.5 Å². The van der Waals surface area contributed by atoms with Crippen molar-refractivity contribution in [2.75, 3.05) is 18.4 Å². The van der Waals surface area contributed by atoms with Gasteiger partial charge in [-0.05, 0) is 30.5 Å². The van der Waals surface area contributed by atoms with Crippen molar-refractivity contribution in [3.8, 4) is 0 Å². The van der Waals surface area contributed by atoms with Gasteiger partial charge < -0.3 is 5.32 Å². The van der Waals surface area contributed by atoms with E-state index in [0.717, 1.165) is 12.8 Å². The molecule has 0 aliphatic heterocycles. The van der Waals surface area contributed by atoms with E-state index < -0.39 is 10.0 Å². The number of nitrogens with zero attached hydrogens (tertiary/aromatic N) is 1. The van der Waals surface area contributed by atoms with Crippen molar-refractivity contribution in [2.24, 2.45) is 5.92 Å². The first kappa shape index (κ1) is 20.6. The van der Waals surface area contributed by atoms with Gasteiger partial charge >= 0.3 is 0 Å². The number of carbonyl (C=O) groups excluding carboxylic acids is 1. The van der Waals surface area contributed by atoms with Gasteiger partial charge in [-0.15, -0.1) is 0 Å². The Morgan fingerprint density at radius 2 is 1.83 bits per heavy atom. The quantitative estimate of drug-likeness (QED) is 0.733. The second-order valence-electron chi connectivity index (χ2n) is 6.22. The van der Waals surface area contributed by atoms with E-state index in [1.165, 1.54) is 4.31 Å². The lowest BCUT2D eigenvalue weighted by Gasteiger charge is -2.20. The molecular formula is C18H30N2O3S. The molecule has 1 aromatic carbocycles. The summed E-state index contributed by atoms with van der Waals surface area (Å²) in [7, 11) is -3.54.